The SMILES string of the molecule is CCOc1ccc(NC(=O)CSc2nc(=O)n(Cc3cccnc3)c3c2CCCC3)cc1. The Labute approximate surface area is 191 Å². The lowest BCUT2D eigenvalue weighted by atomic mass is 9.97. The van der Waals surface area contributed by atoms with Gasteiger partial charge in [-0.25, -0.2) is 4.79 Å². The first kappa shape index (κ1) is 22.1. The quantitative estimate of drug-likeness (QED) is 0.416. The summed E-state index contributed by atoms with van der Waals surface area (Å²) >= 11 is 1.33. The van der Waals surface area contributed by atoms with Crippen LogP contribution in [0, 0.1) is 0 Å². The van der Waals surface area contributed by atoms with Crippen LogP contribution in [0.1, 0.15) is 36.6 Å². The third-order valence-corrected chi connectivity index (χ3v) is 6.32. The maximum Gasteiger partial charge on any atom is 0.349 e. The Hall–Kier alpha value is -3.13. The van der Waals surface area contributed by atoms with Crippen molar-refractivity contribution in [3.8, 4) is 5.75 Å². The molecule has 1 aromatic carbocycles. The number of benzene rings is 1. The van der Waals surface area contributed by atoms with Crippen LogP contribution in [0.5, 0.6) is 5.75 Å². The molecule has 2 aromatic heterocycles. The van der Waals surface area contributed by atoms with Crippen molar-refractivity contribution in [2.24, 2.45) is 0 Å². The Morgan fingerprint density at radius 2 is 2.00 bits per heavy atom. The fourth-order valence-corrected chi connectivity index (χ4v) is 4.71. The van der Waals surface area contributed by atoms with Crippen molar-refractivity contribution >= 4 is 23.4 Å². The van der Waals surface area contributed by atoms with E-state index in [4.69, 9.17) is 4.74 Å². The zero-order valence-corrected chi connectivity index (χ0v) is 18.9. The number of hydrogen-bond acceptors (Lipinski definition) is 6. The number of carbonyl (C=O) groups excluding carboxylic acids is 1. The van der Waals surface area contributed by atoms with Gasteiger partial charge in [0.25, 0.3) is 0 Å². The lowest BCUT2D eigenvalue weighted by molar-refractivity contribution is -0.113. The summed E-state index contributed by atoms with van der Waals surface area (Å²) in [5, 5.41) is 3.56. The van der Waals surface area contributed by atoms with Crippen molar-refractivity contribution in [2.45, 2.75) is 44.2 Å². The van der Waals surface area contributed by atoms with Crippen LogP contribution in [0.2, 0.25) is 0 Å². The first-order valence-electron chi connectivity index (χ1n) is 10.8. The number of aromatic nitrogens is 3. The number of pyridine rings is 1. The molecule has 0 saturated heterocycles. The molecule has 7 nitrogen and oxygen atoms in total. The summed E-state index contributed by atoms with van der Waals surface area (Å²) in [6.45, 7) is 2.99. The Kier molecular flexibility index (Phi) is 7.21. The Morgan fingerprint density at radius 3 is 2.75 bits per heavy atom. The maximum atomic E-state index is 12.8. The minimum Gasteiger partial charge on any atom is -0.494 e. The molecule has 1 N–H and O–H groups in total. The average Bonchev–Trinajstić information content (AvgIpc) is 2.82. The number of thioether (sulfide) groups is 1. The second kappa shape index (κ2) is 10.5. The summed E-state index contributed by atoms with van der Waals surface area (Å²) in [5.74, 6) is 0.825. The van der Waals surface area contributed by atoms with Crippen LogP contribution in [0.15, 0.2) is 58.6 Å². The van der Waals surface area contributed by atoms with Crippen LogP contribution in [-0.4, -0.2) is 32.8 Å². The average molecular weight is 451 g/mol. The third kappa shape index (κ3) is 5.37. The van der Waals surface area contributed by atoms with E-state index in [1.54, 1.807) is 17.0 Å². The molecule has 1 aliphatic carbocycles. The number of rotatable bonds is 8. The van der Waals surface area contributed by atoms with E-state index in [2.05, 4.69) is 15.3 Å². The molecule has 8 heteroatoms. The predicted molar refractivity (Wildman–Crippen MR) is 125 cm³/mol. The third-order valence-electron chi connectivity index (χ3n) is 5.30. The van der Waals surface area contributed by atoms with Crippen molar-refractivity contribution in [3.63, 3.8) is 0 Å². The van der Waals surface area contributed by atoms with E-state index in [0.717, 1.165) is 48.3 Å². The van der Waals surface area contributed by atoms with E-state index >= 15 is 0 Å². The number of nitrogens with one attached hydrogen (secondary N) is 1. The zero-order valence-electron chi connectivity index (χ0n) is 18.0. The van der Waals surface area contributed by atoms with Gasteiger partial charge in [-0.1, -0.05) is 17.8 Å². The Morgan fingerprint density at radius 1 is 1.19 bits per heavy atom. The van der Waals surface area contributed by atoms with Crippen LogP contribution in [0.25, 0.3) is 0 Å². The van der Waals surface area contributed by atoms with Gasteiger partial charge in [0.15, 0.2) is 0 Å². The van der Waals surface area contributed by atoms with Crippen molar-refractivity contribution in [1.29, 1.82) is 0 Å². The van der Waals surface area contributed by atoms with Gasteiger partial charge in [0, 0.05) is 29.3 Å². The number of hydrogen-bond donors (Lipinski definition) is 1. The predicted octanol–water partition coefficient (Wildman–Crippen LogP) is 3.69. The molecule has 1 amide bonds. The molecule has 0 spiro atoms. The monoisotopic (exact) mass is 450 g/mol. The normalized spacial score (nSPS) is 12.8. The lowest BCUT2D eigenvalue weighted by Gasteiger charge is -2.22. The topological polar surface area (TPSA) is 86.1 Å². The van der Waals surface area contributed by atoms with E-state index in [1.165, 1.54) is 11.8 Å². The molecule has 4 rings (SSSR count). The molecule has 2 heterocycles. The van der Waals surface area contributed by atoms with Gasteiger partial charge in [0.2, 0.25) is 5.91 Å². The van der Waals surface area contributed by atoms with Crippen LogP contribution in [0.4, 0.5) is 5.69 Å². The first-order chi connectivity index (χ1) is 15.6. The van der Waals surface area contributed by atoms with Crippen LogP contribution < -0.4 is 15.7 Å². The summed E-state index contributed by atoms with van der Waals surface area (Å²) in [7, 11) is 0. The summed E-state index contributed by atoms with van der Waals surface area (Å²) < 4.78 is 7.18. The minimum absolute atomic E-state index is 0.134. The van der Waals surface area contributed by atoms with Crippen molar-refractivity contribution in [1.82, 2.24) is 14.5 Å². The fraction of sp³-hybridized carbons (Fsp3) is 0.333. The number of anilines is 1. The van der Waals surface area contributed by atoms with Crippen LogP contribution in [0.3, 0.4) is 0 Å². The molecule has 3 aromatic rings. The lowest BCUT2D eigenvalue weighted by Crippen LogP contribution is -2.30. The van der Waals surface area contributed by atoms with Gasteiger partial charge in [-0.15, -0.1) is 0 Å². The van der Waals surface area contributed by atoms with Gasteiger partial charge in [0.1, 0.15) is 10.8 Å². The van der Waals surface area contributed by atoms with E-state index in [1.807, 2.05) is 43.3 Å². The molecule has 0 bridgehead atoms. The van der Waals surface area contributed by atoms with E-state index < -0.39 is 0 Å². The number of nitrogens with zero attached hydrogens (tertiary/aromatic N) is 3. The number of amides is 1. The number of ether oxygens (including phenoxy) is 1. The van der Waals surface area contributed by atoms with Gasteiger partial charge in [-0.05, 0) is 68.5 Å². The molecular weight excluding hydrogens is 424 g/mol. The highest BCUT2D eigenvalue weighted by molar-refractivity contribution is 8.00. The first-order valence-corrected chi connectivity index (χ1v) is 11.8. The summed E-state index contributed by atoms with van der Waals surface area (Å²) in [4.78, 5) is 33.8. The van der Waals surface area contributed by atoms with Gasteiger partial charge in [-0.3, -0.25) is 14.3 Å². The van der Waals surface area contributed by atoms with Crippen LogP contribution in [-0.2, 0) is 24.2 Å². The van der Waals surface area contributed by atoms with Crippen molar-refractivity contribution in [2.75, 3.05) is 17.7 Å². The molecule has 0 unspecified atom stereocenters. The smallest absolute Gasteiger partial charge is 0.349 e. The maximum absolute atomic E-state index is 12.8. The molecule has 1 aliphatic rings. The fourth-order valence-electron chi connectivity index (χ4n) is 3.84. The molecule has 0 saturated carbocycles. The molecule has 0 radical (unpaired) electrons. The minimum atomic E-state index is -0.274. The number of carbonyl (C=O) groups is 1. The molecule has 0 fully saturated rings. The second-order valence-corrected chi connectivity index (χ2v) is 8.54. The van der Waals surface area contributed by atoms with Crippen molar-refractivity contribution < 1.29 is 9.53 Å². The molecule has 166 valence electrons. The van der Waals surface area contributed by atoms with Crippen molar-refractivity contribution in [3.05, 3.63) is 76.1 Å². The zero-order chi connectivity index (χ0) is 22.3. The molecule has 32 heavy (non-hydrogen) atoms. The highest BCUT2D eigenvalue weighted by atomic mass is 32.2. The highest BCUT2D eigenvalue weighted by Gasteiger charge is 2.21. The number of fused-ring (bicyclic) bond motifs is 1. The van der Waals surface area contributed by atoms with Gasteiger partial charge >= 0.3 is 5.69 Å². The highest BCUT2D eigenvalue weighted by Crippen LogP contribution is 2.29. The summed E-state index contributed by atoms with van der Waals surface area (Å²) in [6.07, 6.45) is 7.32. The Bertz CT molecular complexity index is 1130. The summed E-state index contributed by atoms with van der Waals surface area (Å²) in [5.41, 5.74) is 3.54. The van der Waals surface area contributed by atoms with Gasteiger partial charge < -0.3 is 10.1 Å². The molecule has 0 atom stereocenters. The molecular formula is C24H26N4O3S. The van der Waals surface area contributed by atoms with Crippen LogP contribution >= 0.6 is 11.8 Å². The Balaban J connectivity index is 1.47. The molecule has 0 aliphatic heterocycles. The summed E-state index contributed by atoms with van der Waals surface area (Å²) in [6, 6.07) is 11.1. The van der Waals surface area contributed by atoms with E-state index in [0.29, 0.717) is 23.9 Å². The second-order valence-electron chi connectivity index (χ2n) is 7.57. The largest absolute Gasteiger partial charge is 0.494 e. The van der Waals surface area contributed by atoms with Gasteiger partial charge in [0.05, 0.1) is 18.9 Å². The van der Waals surface area contributed by atoms with E-state index in [-0.39, 0.29) is 17.3 Å². The standard InChI is InChI=1S/C24H26N4O3S/c1-2-31-19-11-9-18(10-12-19)26-22(29)16-32-23-20-7-3-4-8-21(20)28(24(30)27-23)15-17-6-5-13-25-14-17/h5-6,9-14H,2-4,7-8,15-16H2,1H3,(H,26,29). The van der Waals surface area contributed by atoms with Gasteiger partial charge in [-0.2, -0.15) is 4.98 Å². The van der Waals surface area contributed by atoms with E-state index in [9.17, 15) is 9.59 Å².